The summed E-state index contributed by atoms with van der Waals surface area (Å²) in [6.07, 6.45) is 3.52. The van der Waals surface area contributed by atoms with Gasteiger partial charge in [-0.3, -0.25) is 4.79 Å². The number of amides is 1. The molecule has 0 bridgehead atoms. The summed E-state index contributed by atoms with van der Waals surface area (Å²) in [6.45, 7) is 3.01. The number of carbonyl (C=O) groups is 1. The lowest BCUT2D eigenvalue weighted by molar-refractivity contribution is 0.0919. The number of carbonyl (C=O) groups excluding carboxylic acids is 1. The molecule has 1 amide bonds. The normalized spacial score (nSPS) is 21.2. The molecule has 0 radical (unpaired) electrons. The van der Waals surface area contributed by atoms with Crippen LogP contribution in [0.5, 0.6) is 0 Å². The van der Waals surface area contributed by atoms with Crippen LogP contribution in [0.4, 0.5) is 4.39 Å². The molecule has 2 N–H and O–H groups in total. The minimum atomic E-state index is -0.307. The summed E-state index contributed by atoms with van der Waals surface area (Å²) in [5.41, 5.74) is 1.03. The quantitative estimate of drug-likeness (QED) is 0.860. The van der Waals surface area contributed by atoms with Crippen molar-refractivity contribution < 1.29 is 9.18 Å². The first-order valence-electron chi connectivity index (χ1n) is 7.58. The van der Waals surface area contributed by atoms with E-state index in [1.165, 1.54) is 12.1 Å². The number of benzene rings is 1. The molecule has 1 aromatic heterocycles. The lowest BCUT2D eigenvalue weighted by Gasteiger charge is -2.28. The van der Waals surface area contributed by atoms with Crippen LogP contribution in [0.3, 0.4) is 0 Å². The number of aromatic nitrogens is 2. The third kappa shape index (κ3) is 3.79. The van der Waals surface area contributed by atoms with Gasteiger partial charge in [0.15, 0.2) is 5.69 Å². The largest absolute Gasteiger partial charge is 0.348 e. The zero-order chi connectivity index (χ0) is 16.4. The number of halogens is 2. The minimum absolute atomic E-state index is 0.154. The molecule has 3 rings (SSSR count). The summed E-state index contributed by atoms with van der Waals surface area (Å²) < 4.78 is 15.2. The fourth-order valence-corrected chi connectivity index (χ4v) is 3.20. The molecule has 122 valence electrons. The summed E-state index contributed by atoms with van der Waals surface area (Å²) in [5, 5.41) is 10.7. The van der Waals surface area contributed by atoms with Gasteiger partial charge in [-0.15, -0.1) is 0 Å². The standard InChI is InChI=1S/C16H18BrFN4O/c1-10-8-12(6-7-19-10)20-16(23)15-14(17)9-22(21-15)13-4-2-11(18)3-5-13/h2-5,9-10,12,19H,6-8H2,1H3,(H,20,23). The highest BCUT2D eigenvalue weighted by molar-refractivity contribution is 9.10. The molecule has 2 heterocycles. The Hall–Kier alpha value is -1.73. The Morgan fingerprint density at radius 2 is 2.17 bits per heavy atom. The molecule has 0 spiro atoms. The maximum atomic E-state index is 13.0. The second-order valence-electron chi connectivity index (χ2n) is 5.80. The Bertz CT molecular complexity index is 701. The number of piperidine rings is 1. The first kappa shape index (κ1) is 16.1. The van der Waals surface area contributed by atoms with E-state index in [0.717, 1.165) is 19.4 Å². The van der Waals surface area contributed by atoms with Crippen molar-refractivity contribution in [3.63, 3.8) is 0 Å². The molecule has 1 saturated heterocycles. The Morgan fingerprint density at radius 1 is 1.43 bits per heavy atom. The molecular formula is C16H18BrFN4O. The van der Waals surface area contributed by atoms with E-state index in [9.17, 15) is 9.18 Å². The van der Waals surface area contributed by atoms with Crippen LogP contribution < -0.4 is 10.6 Å². The molecule has 2 atom stereocenters. The monoisotopic (exact) mass is 380 g/mol. The molecule has 1 aromatic carbocycles. The number of rotatable bonds is 3. The first-order valence-corrected chi connectivity index (χ1v) is 8.37. The van der Waals surface area contributed by atoms with Gasteiger partial charge in [0.2, 0.25) is 0 Å². The molecule has 7 heteroatoms. The van der Waals surface area contributed by atoms with E-state index in [-0.39, 0.29) is 17.8 Å². The van der Waals surface area contributed by atoms with Crippen molar-refractivity contribution in [3.8, 4) is 5.69 Å². The van der Waals surface area contributed by atoms with E-state index >= 15 is 0 Å². The molecule has 2 aromatic rings. The van der Waals surface area contributed by atoms with Crippen molar-refractivity contribution in [1.29, 1.82) is 0 Å². The zero-order valence-electron chi connectivity index (χ0n) is 12.7. The van der Waals surface area contributed by atoms with Crippen LogP contribution in [0, 0.1) is 5.82 Å². The molecule has 23 heavy (non-hydrogen) atoms. The Morgan fingerprint density at radius 3 is 2.87 bits per heavy atom. The van der Waals surface area contributed by atoms with Crippen LogP contribution in [0.15, 0.2) is 34.9 Å². The first-order chi connectivity index (χ1) is 11.0. The predicted molar refractivity (Wildman–Crippen MR) is 89.2 cm³/mol. The van der Waals surface area contributed by atoms with E-state index in [2.05, 4.69) is 38.6 Å². The molecular weight excluding hydrogens is 363 g/mol. The minimum Gasteiger partial charge on any atom is -0.348 e. The molecule has 5 nitrogen and oxygen atoms in total. The lowest BCUT2D eigenvalue weighted by Crippen LogP contribution is -2.46. The highest BCUT2D eigenvalue weighted by atomic mass is 79.9. The van der Waals surface area contributed by atoms with Gasteiger partial charge in [-0.05, 0) is 66.5 Å². The van der Waals surface area contributed by atoms with Gasteiger partial charge in [-0.25, -0.2) is 9.07 Å². The number of nitrogens with zero attached hydrogens (tertiary/aromatic N) is 2. The molecule has 1 aliphatic rings. The van der Waals surface area contributed by atoms with E-state index in [4.69, 9.17) is 0 Å². The van der Waals surface area contributed by atoms with Gasteiger partial charge in [-0.1, -0.05) is 0 Å². The van der Waals surface area contributed by atoms with Gasteiger partial charge in [0.05, 0.1) is 10.2 Å². The van der Waals surface area contributed by atoms with Gasteiger partial charge in [-0.2, -0.15) is 5.10 Å². The second kappa shape index (κ2) is 6.80. The summed E-state index contributed by atoms with van der Waals surface area (Å²) in [5.74, 6) is -0.505. The summed E-state index contributed by atoms with van der Waals surface area (Å²) >= 11 is 3.38. The van der Waals surface area contributed by atoms with Gasteiger partial charge >= 0.3 is 0 Å². The fraction of sp³-hybridized carbons (Fsp3) is 0.375. The molecule has 1 aliphatic heterocycles. The third-order valence-electron chi connectivity index (χ3n) is 3.93. The highest BCUT2D eigenvalue weighted by Crippen LogP contribution is 2.19. The molecule has 1 fully saturated rings. The van der Waals surface area contributed by atoms with E-state index in [1.54, 1.807) is 23.0 Å². The topological polar surface area (TPSA) is 59.0 Å². The zero-order valence-corrected chi connectivity index (χ0v) is 14.3. The maximum Gasteiger partial charge on any atom is 0.273 e. The van der Waals surface area contributed by atoms with Crippen LogP contribution in [0.25, 0.3) is 5.69 Å². The summed E-state index contributed by atoms with van der Waals surface area (Å²) in [7, 11) is 0. The third-order valence-corrected chi connectivity index (χ3v) is 4.52. The van der Waals surface area contributed by atoms with Crippen LogP contribution >= 0.6 is 15.9 Å². The molecule has 0 aliphatic carbocycles. The van der Waals surface area contributed by atoms with Gasteiger partial charge < -0.3 is 10.6 Å². The van der Waals surface area contributed by atoms with Gasteiger partial charge in [0, 0.05) is 18.3 Å². The van der Waals surface area contributed by atoms with E-state index < -0.39 is 0 Å². The van der Waals surface area contributed by atoms with Crippen LogP contribution in [0.1, 0.15) is 30.3 Å². The van der Waals surface area contributed by atoms with Crippen molar-refractivity contribution >= 4 is 21.8 Å². The number of nitrogens with one attached hydrogen (secondary N) is 2. The predicted octanol–water partition coefficient (Wildman–Crippen LogP) is 2.64. The van der Waals surface area contributed by atoms with Crippen molar-refractivity contribution in [1.82, 2.24) is 20.4 Å². The lowest BCUT2D eigenvalue weighted by atomic mass is 10.0. The maximum absolute atomic E-state index is 13.0. The average molecular weight is 381 g/mol. The van der Waals surface area contributed by atoms with Gasteiger partial charge in [0.25, 0.3) is 5.91 Å². The number of hydrogen-bond acceptors (Lipinski definition) is 3. The Balaban J connectivity index is 1.75. The Labute approximate surface area is 142 Å². The van der Waals surface area contributed by atoms with Gasteiger partial charge in [0.1, 0.15) is 5.82 Å². The van der Waals surface area contributed by atoms with E-state index in [1.807, 2.05) is 0 Å². The van der Waals surface area contributed by atoms with Crippen molar-refractivity contribution in [2.45, 2.75) is 31.8 Å². The summed E-state index contributed by atoms with van der Waals surface area (Å²) in [4.78, 5) is 12.4. The van der Waals surface area contributed by atoms with Crippen LogP contribution in [-0.4, -0.2) is 34.3 Å². The number of hydrogen-bond donors (Lipinski definition) is 2. The SMILES string of the molecule is CC1CC(NC(=O)c2nn(-c3ccc(F)cc3)cc2Br)CCN1. The van der Waals surface area contributed by atoms with Crippen LogP contribution in [-0.2, 0) is 0 Å². The second-order valence-corrected chi connectivity index (χ2v) is 6.65. The smallest absolute Gasteiger partial charge is 0.273 e. The fourth-order valence-electron chi connectivity index (χ4n) is 2.75. The molecule has 2 unspecified atom stereocenters. The average Bonchev–Trinajstić information content (AvgIpc) is 2.90. The van der Waals surface area contributed by atoms with Crippen molar-refractivity contribution in [2.75, 3.05) is 6.54 Å². The van der Waals surface area contributed by atoms with E-state index in [0.29, 0.717) is 21.9 Å². The Kier molecular flexibility index (Phi) is 4.77. The van der Waals surface area contributed by atoms with Crippen LogP contribution in [0.2, 0.25) is 0 Å². The molecule has 0 saturated carbocycles. The van der Waals surface area contributed by atoms with Crippen molar-refractivity contribution in [3.05, 3.63) is 46.4 Å². The van der Waals surface area contributed by atoms with Crippen molar-refractivity contribution in [2.24, 2.45) is 0 Å². The highest BCUT2D eigenvalue weighted by Gasteiger charge is 2.23. The summed E-state index contributed by atoms with van der Waals surface area (Å²) in [6, 6.07) is 6.51.